The Labute approximate surface area is 398 Å². The number of nitrogens with one attached hydrogen (secondary N) is 1. The molecular weight excluding hydrogens is 783 g/mol. The average molecular weight is 889 g/mol. The van der Waals surface area contributed by atoms with Crippen LogP contribution in [0.4, 0.5) is 0 Å². The lowest BCUT2D eigenvalue weighted by Gasteiger charge is -2.19. The van der Waals surface area contributed by atoms with Gasteiger partial charge in [0.05, 0.1) is 18.8 Å². The van der Waals surface area contributed by atoms with Crippen LogP contribution in [0.2, 0.25) is 0 Å². The summed E-state index contributed by atoms with van der Waals surface area (Å²) in [5.74, 6) is -0.0782. The van der Waals surface area contributed by atoms with E-state index in [1.54, 1.807) is 6.08 Å². The summed E-state index contributed by atoms with van der Waals surface area (Å²) in [6, 6.07) is -0.648. The first kappa shape index (κ1) is 61.3. The van der Waals surface area contributed by atoms with Crippen molar-refractivity contribution in [2.24, 2.45) is 0 Å². The molecule has 0 bridgehead atoms. The Kier molecular flexibility index (Phi) is 52.3. The molecule has 2 unspecified atom stereocenters. The fraction of sp³-hybridized carbons (Fsp3) is 0.717. The molecule has 4 heteroatoms. The fourth-order valence-corrected chi connectivity index (χ4v) is 7.88. The highest BCUT2D eigenvalue weighted by Crippen LogP contribution is 2.16. The Morgan fingerprint density at radius 1 is 0.391 bits per heavy atom. The molecule has 0 aliphatic heterocycles. The van der Waals surface area contributed by atoms with Crippen molar-refractivity contribution in [3.8, 4) is 0 Å². The van der Waals surface area contributed by atoms with Gasteiger partial charge in [-0.3, -0.25) is 4.79 Å². The van der Waals surface area contributed by atoms with Crippen LogP contribution >= 0.6 is 0 Å². The number of amides is 1. The van der Waals surface area contributed by atoms with Crippen LogP contribution < -0.4 is 5.32 Å². The maximum atomic E-state index is 12.4. The van der Waals surface area contributed by atoms with E-state index in [-0.39, 0.29) is 12.5 Å². The number of carbonyl (C=O) groups is 1. The Balaban J connectivity index is 3.49. The second-order valence-corrected chi connectivity index (χ2v) is 18.2. The minimum absolute atomic E-state index is 0.0782. The van der Waals surface area contributed by atoms with E-state index in [0.29, 0.717) is 6.42 Å². The number of aliphatic hydroxyl groups excluding tert-OH is 2. The van der Waals surface area contributed by atoms with Crippen molar-refractivity contribution in [1.82, 2.24) is 5.32 Å². The Morgan fingerprint density at radius 2 is 0.703 bits per heavy atom. The summed E-state index contributed by atoms with van der Waals surface area (Å²) >= 11 is 0. The zero-order chi connectivity index (χ0) is 46.3. The fourth-order valence-electron chi connectivity index (χ4n) is 7.88. The van der Waals surface area contributed by atoms with Gasteiger partial charge in [-0.25, -0.2) is 0 Å². The number of unbranched alkanes of at least 4 members (excludes halogenated alkanes) is 28. The van der Waals surface area contributed by atoms with Crippen molar-refractivity contribution in [2.45, 2.75) is 270 Å². The third kappa shape index (κ3) is 50.3. The van der Waals surface area contributed by atoms with Gasteiger partial charge in [-0.2, -0.15) is 0 Å². The molecule has 0 heterocycles. The zero-order valence-electron chi connectivity index (χ0n) is 42.3. The standard InChI is InChI=1S/C60H105NO3/c1-3-5-7-9-11-13-15-17-19-20-21-22-23-24-25-26-27-28-29-30-31-32-33-34-35-36-37-38-39-40-42-44-46-48-50-52-54-56-60(64)61-58(57-62)59(63)55-53-51-49-47-45-43-41-18-16-14-12-10-8-6-4-2/h5,7,11,13,16-19,21-22,24-25,45,47,53,55,58-59,62-63H,3-4,6,8-10,12,14-15,20,23,26-44,46,48-52,54,56-57H2,1-2H3,(H,61,64)/b7-5-,13-11-,18-16+,19-17-,22-21-,25-24-,47-45+,55-53+. The molecule has 0 aromatic heterocycles. The quantitative estimate of drug-likeness (QED) is 0.0421. The molecule has 368 valence electrons. The highest BCUT2D eigenvalue weighted by Gasteiger charge is 2.17. The molecule has 0 aromatic carbocycles. The topological polar surface area (TPSA) is 69.6 Å². The Morgan fingerprint density at radius 3 is 1.09 bits per heavy atom. The van der Waals surface area contributed by atoms with Gasteiger partial charge in [-0.1, -0.05) is 259 Å². The lowest BCUT2D eigenvalue weighted by molar-refractivity contribution is -0.123. The van der Waals surface area contributed by atoms with Crippen LogP contribution in [-0.2, 0) is 4.79 Å². The lowest BCUT2D eigenvalue weighted by Crippen LogP contribution is -2.45. The molecule has 0 saturated carbocycles. The molecule has 0 saturated heterocycles. The van der Waals surface area contributed by atoms with Gasteiger partial charge >= 0.3 is 0 Å². The number of hydrogen-bond acceptors (Lipinski definition) is 3. The van der Waals surface area contributed by atoms with E-state index < -0.39 is 12.1 Å². The second-order valence-electron chi connectivity index (χ2n) is 18.2. The number of allylic oxidation sites excluding steroid dienone is 15. The Hall–Kier alpha value is -2.69. The monoisotopic (exact) mass is 888 g/mol. The molecule has 0 rings (SSSR count). The van der Waals surface area contributed by atoms with E-state index in [1.807, 2.05) is 6.08 Å². The van der Waals surface area contributed by atoms with Gasteiger partial charge < -0.3 is 15.5 Å². The van der Waals surface area contributed by atoms with Crippen molar-refractivity contribution in [2.75, 3.05) is 6.61 Å². The van der Waals surface area contributed by atoms with Gasteiger partial charge in [0.2, 0.25) is 5.91 Å². The van der Waals surface area contributed by atoms with Crippen LogP contribution in [0, 0.1) is 0 Å². The second kappa shape index (κ2) is 54.6. The predicted molar refractivity (Wildman–Crippen MR) is 285 cm³/mol. The first-order valence-electron chi connectivity index (χ1n) is 27.5. The Bertz CT molecular complexity index is 1190. The highest BCUT2D eigenvalue weighted by molar-refractivity contribution is 5.76. The van der Waals surface area contributed by atoms with Crippen LogP contribution in [0.5, 0.6) is 0 Å². The summed E-state index contributed by atoms with van der Waals surface area (Å²) in [5.41, 5.74) is 0. The van der Waals surface area contributed by atoms with Crippen LogP contribution in [-0.4, -0.2) is 34.9 Å². The molecule has 1 amide bonds. The number of carbonyl (C=O) groups excluding carboxylic acids is 1. The summed E-state index contributed by atoms with van der Waals surface area (Å²) in [7, 11) is 0. The number of rotatable bonds is 49. The maximum Gasteiger partial charge on any atom is 0.220 e. The van der Waals surface area contributed by atoms with Gasteiger partial charge in [0.1, 0.15) is 0 Å². The molecule has 0 radical (unpaired) electrons. The highest BCUT2D eigenvalue weighted by atomic mass is 16.3. The van der Waals surface area contributed by atoms with Crippen molar-refractivity contribution >= 4 is 5.91 Å². The van der Waals surface area contributed by atoms with Crippen LogP contribution in [0.25, 0.3) is 0 Å². The molecule has 3 N–H and O–H groups in total. The number of aliphatic hydroxyl groups is 2. The summed E-state index contributed by atoms with van der Waals surface area (Å²) in [6.07, 6.45) is 81.4. The molecule has 4 nitrogen and oxygen atoms in total. The lowest BCUT2D eigenvalue weighted by atomic mass is 10.0. The van der Waals surface area contributed by atoms with E-state index in [0.717, 1.165) is 70.6 Å². The summed E-state index contributed by atoms with van der Waals surface area (Å²) in [6.45, 7) is 4.16. The minimum atomic E-state index is -0.872. The van der Waals surface area contributed by atoms with Gasteiger partial charge in [-0.15, -0.1) is 0 Å². The largest absolute Gasteiger partial charge is 0.394 e. The first-order chi connectivity index (χ1) is 31.7. The van der Waals surface area contributed by atoms with Gasteiger partial charge in [0.15, 0.2) is 0 Å². The van der Waals surface area contributed by atoms with E-state index in [1.165, 1.54) is 167 Å². The number of hydrogen-bond donors (Lipinski definition) is 3. The van der Waals surface area contributed by atoms with Crippen LogP contribution in [0.3, 0.4) is 0 Å². The predicted octanol–water partition coefficient (Wildman–Crippen LogP) is 18.1. The first-order valence-corrected chi connectivity index (χ1v) is 27.5. The van der Waals surface area contributed by atoms with Gasteiger partial charge in [0, 0.05) is 6.42 Å². The van der Waals surface area contributed by atoms with E-state index >= 15 is 0 Å². The van der Waals surface area contributed by atoms with Crippen molar-refractivity contribution in [3.05, 3.63) is 97.2 Å². The molecular formula is C60H105NO3. The molecule has 0 fully saturated rings. The average Bonchev–Trinajstić information content (AvgIpc) is 3.30. The molecule has 2 atom stereocenters. The van der Waals surface area contributed by atoms with Crippen molar-refractivity contribution in [1.29, 1.82) is 0 Å². The van der Waals surface area contributed by atoms with Crippen LogP contribution in [0.15, 0.2) is 97.2 Å². The zero-order valence-corrected chi connectivity index (χ0v) is 42.3. The summed E-state index contributed by atoms with van der Waals surface area (Å²) in [5, 5.41) is 23.0. The normalized spacial score (nSPS) is 13.6. The van der Waals surface area contributed by atoms with Crippen molar-refractivity contribution in [3.63, 3.8) is 0 Å². The van der Waals surface area contributed by atoms with Gasteiger partial charge in [0.25, 0.3) is 0 Å². The molecule has 0 aliphatic carbocycles. The third-order valence-corrected chi connectivity index (χ3v) is 12.0. The van der Waals surface area contributed by atoms with E-state index in [9.17, 15) is 15.0 Å². The molecule has 64 heavy (non-hydrogen) atoms. The molecule has 0 spiro atoms. The van der Waals surface area contributed by atoms with Crippen LogP contribution in [0.1, 0.15) is 258 Å². The minimum Gasteiger partial charge on any atom is -0.394 e. The smallest absolute Gasteiger partial charge is 0.220 e. The van der Waals surface area contributed by atoms with Gasteiger partial charge in [-0.05, 0) is 89.9 Å². The van der Waals surface area contributed by atoms with E-state index in [4.69, 9.17) is 0 Å². The molecule has 0 aliphatic rings. The third-order valence-electron chi connectivity index (χ3n) is 12.0. The summed E-state index contributed by atoms with van der Waals surface area (Å²) < 4.78 is 0. The summed E-state index contributed by atoms with van der Waals surface area (Å²) in [4.78, 5) is 12.4. The van der Waals surface area contributed by atoms with E-state index in [2.05, 4.69) is 104 Å². The maximum absolute atomic E-state index is 12.4. The molecule has 0 aromatic rings. The van der Waals surface area contributed by atoms with Crippen molar-refractivity contribution < 1.29 is 15.0 Å². The SMILES string of the molecule is CC/C=C\C/C=C\C/C=C\C/C=C\C/C=C\CCCCCCCCCCCCCCCCCCCCCCCC(=O)NC(CO)C(O)/C=C/CC/C=C/CC/C=C/CCCCCCC.